The van der Waals surface area contributed by atoms with Crippen molar-refractivity contribution >= 4 is 46.6 Å². The number of amides is 3. The number of nitrogens with zero attached hydrogens (tertiary/aromatic N) is 1. The van der Waals surface area contributed by atoms with Gasteiger partial charge in [-0.05, 0) is 60.9 Å². The van der Waals surface area contributed by atoms with E-state index in [1.54, 1.807) is 29.2 Å². The summed E-state index contributed by atoms with van der Waals surface area (Å²) in [6.45, 7) is 9.91. The topological polar surface area (TPSA) is 103 Å². The zero-order valence-corrected chi connectivity index (χ0v) is 26.5. The molecule has 5 rings (SSSR count). The predicted octanol–water partition coefficient (Wildman–Crippen LogP) is 5.24. The summed E-state index contributed by atoms with van der Waals surface area (Å²) in [6, 6.07) is 8.62. The predicted molar refractivity (Wildman–Crippen MR) is 167 cm³/mol. The molecule has 4 atom stereocenters. The molecule has 11 heteroatoms. The minimum absolute atomic E-state index is 0.0373. The molecular formula is C32H40Cl2FN5O3. The molecule has 1 spiro atoms. The van der Waals surface area contributed by atoms with Crippen LogP contribution in [0.3, 0.4) is 0 Å². The van der Waals surface area contributed by atoms with Gasteiger partial charge in [-0.25, -0.2) is 9.18 Å². The summed E-state index contributed by atoms with van der Waals surface area (Å²) in [5.41, 5.74) is -0.0179. The average molecular weight is 633 g/mol. The van der Waals surface area contributed by atoms with E-state index in [2.05, 4.69) is 42.0 Å². The van der Waals surface area contributed by atoms with Gasteiger partial charge in [-0.2, -0.15) is 0 Å². The first-order valence-corrected chi connectivity index (χ1v) is 15.7. The normalized spacial score (nSPS) is 25.6. The molecule has 0 aromatic heterocycles. The number of Topliss-reactive ketones (excluding diaryl/α,β-unsaturated/α-hetero) is 1. The van der Waals surface area contributed by atoms with Crippen LogP contribution in [0.15, 0.2) is 36.4 Å². The molecule has 3 aliphatic rings. The van der Waals surface area contributed by atoms with Gasteiger partial charge in [-0.1, -0.05) is 62.2 Å². The van der Waals surface area contributed by atoms with E-state index in [4.69, 9.17) is 23.2 Å². The minimum Gasteiger partial charge on any atom is -0.338 e. The van der Waals surface area contributed by atoms with Crippen molar-refractivity contribution in [1.29, 1.82) is 0 Å². The van der Waals surface area contributed by atoms with E-state index in [0.29, 0.717) is 55.2 Å². The number of urea groups is 1. The van der Waals surface area contributed by atoms with Crippen molar-refractivity contribution in [2.45, 2.75) is 76.4 Å². The number of rotatable bonds is 7. The van der Waals surface area contributed by atoms with Crippen molar-refractivity contribution in [1.82, 2.24) is 20.9 Å². The van der Waals surface area contributed by atoms with Gasteiger partial charge in [-0.15, -0.1) is 0 Å². The van der Waals surface area contributed by atoms with Gasteiger partial charge in [0.25, 0.3) is 0 Å². The molecule has 3 amide bonds. The Morgan fingerprint density at radius 2 is 1.86 bits per heavy atom. The number of hydrogen-bond acceptors (Lipinski definition) is 5. The number of nitrogens with one attached hydrogen (secondary N) is 4. The lowest BCUT2D eigenvalue weighted by Gasteiger charge is -2.38. The van der Waals surface area contributed by atoms with Crippen LogP contribution in [0.1, 0.15) is 64.0 Å². The third-order valence-electron chi connectivity index (χ3n) is 8.96. The summed E-state index contributed by atoms with van der Waals surface area (Å²) in [5.74, 6) is -1.96. The second-order valence-electron chi connectivity index (χ2n) is 13.0. The van der Waals surface area contributed by atoms with E-state index >= 15 is 4.39 Å². The van der Waals surface area contributed by atoms with Crippen molar-refractivity contribution < 1.29 is 18.8 Å². The number of benzene rings is 2. The molecule has 0 bridgehead atoms. The lowest BCUT2D eigenvalue weighted by atomic mass is 9.62. The quantitative estimate of drug-likeness (QED) is 0.335. The maximum absolute atomic E-state index is 15.9. The van der Waals surface area contributed by atoms with Gasteiger partial charge in [0.1, 0.15) is 11.2 Å². The Balaban J connectivity index is 1.50. The maximum atomic E-state index is 15.9. The van der Waals surface area contributed by atoms with E-state index in [1.807, 2.05) is 13.0 Å². The zero-order valence-electron chi connectivity index (χ0n) is 25.0. The molecule has 2 saturated heterocycles. The maximum Gasteiger partial charge on any atom is 0.317 e. The Bertz CT molecular complexity index is 1410. The average Bonchev–Trinajstić information content (AvgIpc) is 3.42. The summed E-state index contributed by atoms with van der Waals surface area (Å²) in [5, 5.41) is 13.1. The van der Waals surface area contributed by atoms with Gasteiger partial charge in [0.2, 0.25) is 5.91 Å². The number of halogens is 3. The highest BCUT2D eigenvalue weighted by Crippen LogP contribution is 2.57. The summed E-state index contributed by atoms with van der Waals surface area (Å²) in [7, 11) is 0. The number of ketones is 1. The lowest BCUT2D eigenvalue weighted by molar-refractivity contribution is -0.122. The Morgan fingerprint density at radius 1 is 1.14 bits per heavy atom. The fraction of sp³-hybridized carbons (Fsp3) is 0.531. The van der Waals surface area contributed by atoms with Crippen molar-refractivity contribution in [2.24, 2.45) is 5.41 Å². The van der Waals surface area contributed by atoms with Gasteiger partial charge >= 0.3 is 6.03 Å². The number of piperidine rings is 1. The van der Waals surface area contributed by atoms with E-state index < -0.39 is 29.2 Å². The van der Waals surface area contributed by atoms with Crippen LogP contribution in [0.4, 0.5) is 14.9 Å². The fourth-order valence-corrected chi connectivity index (χ4v) is 7.46. The largest absolute Gasteiger partial charge is 0.338 e. The molecule has 3 aliphatic heterocycles. The Morgan fingerprint density at radius 3 is 2.53 bits per heavy atom. The molecule has 232 valence electrons. The molecule has 0 aliphatic carbocycles. The van der Waals surface area contributed by atoms with Gasteiger partial charge in [0.05, 0.1) is 17.6 Å². The zero-order chi connectivity index (χ0) is 31.1. The molecule has 0 saturated carbocycles. The summed E-state index contributed by atoms with van der Waals surface area (Å²) < 4.78 is 15.9. The summed E-state index contributed by atoms with van der Waals surface area (Å²) in [4.78, 5) is 42.4. The molecule has 2 aromatic carbocycles. The summed E-state index contributed by atoms with van der Waals surface area (Å²) in [6.07, 6.45) is 1.97. The number of fused-ring (bicyclic) bond motifs is 2. The highest BCUT2D eigenvalue weighted by atomic mass is 35.5. The number of likely N-dealkylation sites (tertiary alicyclic amines) is 1. The second-order valence-corrected chi connectivity index (χ2v) is 13.9. The van der Waals surface area contributed by atoms with Gasteiger partial charge in [-0.3, -0.25) is 9.59 Å². The molecule has 43 heavy (non-hydrogen) atoms. The fourth-order valence-electron chi connectivity index (χ4n) is 7.11. The monoisotopic (exact) mass is 631 g/mol. The van der Waals surface area contributed by atoms with E-state index in [-0.39, 0.29) is 46.3 Å². The van der Waals surface area contributed by atoms with Crippen LogP contribution in [0, 0.1) is 11.2 Å². The smallest absolute Gasteiger partial charge is 0.317 e. The van der Waals surface area contributed by atoms with Gasteiger partial charge in [0, 0.05) is 48.3 Å². The number of hydrogen-bond donors (Lipinski definition) is 4. The Labute approximate surface area is 262 Å². The molecule has 0 unspecified atom stereocenters. The minimum atomic E-state index is -1.28. The molecule has 2 aromatic rings. The Hall–Kier alpha value is -2.72. The third-order valence-corrected chi connectivity index (χ3v) is 9.49. The molecule has 8 nitrogen and oxygen atoms in total. The number of carbonyl (C=O) groups excluding carboxylic acids is 3. The second kappa shape index (κ2) is 12.3. The van der Waals surface area contributed by atoms with E-state index in [9.17, 15) is 14.4 Å². The molecule has 2 fully saturated rings. The van der Waals surface area contributed by atoms with Crippen LogP contribution in [0.2, 0.25) is 10.0 Å². The SMILES string of the molecule is CCNC(=O)N1CCC(NCC(=O)[C@@H]2N[C@H](CC(C)(C)C)[C@]3(C(=O)Nc4cc(Cl)ccc43)[C@H]2c2cccc(Cl)c2F)CC1. The van der Waals surface area contributed by atoms with Crippen LogP contribution in [-0.4, -0.2) is 66.9 Å². The number of carbonyl (C=O) groups is 3. The van der Waals surface area contributed by atoms with Crippen LogP contribution in [-0.2, 0) is 15.0 Å². The van der Waals surface area contributed by atoms with Crippen molar-refractivity contribution in [3.8, 4) is 0 Å². The van der Waals surface area contributed by atoms with Gasteiger partial charge in [0.15, 0.2) is 5.78 Å². The first-order valence-electron chi connectivity index (χ1n) is 15.0. The molecule has 4 N–H and O–H groups in total. The van der Waals surface area contributed by atoms with Crippen LogP contribution < -0.4 is 21.3 Å². The van der Waals surface area contributed by atoms with Crippen molar-refractivity contribution in [2.75, 3.05) is 31.5 Å². The van der Waals surface area contributed by atoms with Crippen LogP contribution in [0.5, 0.6) is 0 Å². The number of anilines is 1. The van der Waals surface area contributed by atoms with Gasteiger partial charge < -0.3 is 26.2 Å². The van der Waals surface area contributed by atoms with Crippen molar-refractivity contribution in [3.63, 3.8) is 0 Å². The third kappa shape index (κ3) is 6.01. The molecule has 0 radical (unpaired) electrons. The van der Waals surface area contributed by atoms with E-state index in [1.165, 1.54) is 6.07 Å². The molecular weight excluding hydrogens is 592 g/mol. The van der Waals surface area contributed by atoms with Crippen molar-refractivity contribution in [3.05, 3.63) is 63.4 Å². The highest BCUT2D eigenvalue weighted by molar-refractivity contribution is 6.31. The highest BCUT2D eigenvalue weighted by Gasteiger charge is 2.66. The Kier molecular flexibility index (Phi) is 9.10. The summed E-state index contributed by atoms with van der Waals surface area (Å²) >= 11 is 12.6. The standard InChI is InChI=1S/C32H40Cl2FN5O3/c1-5-36-30(43)40-13-11-19(12-14-40)37-17-24(41)28-26(20-7-6-8-22(34)27(20)35)32(25(39-28)16-31(2,3)4)21-10-9-18(33)15-23(21)38-29(32)42/h6-10,15,19,25-26,28,37,39H,5,11-14,16-17H2,1-4H3,(H,36,43)(H,38,42)/t25-,26+,28+,32+/m1/s1. The van der Waals surface area contributed by atoms with E-state index in [0.717, 1.165) is 0 Å². The first-order chi connectivity index (χ1) is 20.4. The lowest BCUT2D eigenvalue weighted by Crippen LogP contribution is -2.50. The van der Waals surface area contributed by atoms with Crippen LogP contribution in [0.25, 0.3) is 0 Å². The molecule has 3 heterocycles. The van der Waals surface area contributed by atoms with Crippen LogP contribution >= 0.6 is 23.2 Å². The first kappa shape index (κ1) is 31.7.